The van der Waals surface area contributed by atoms with Crippen molar-refractivity contribution in [2.75, 3.05) is 53.0 Å². The van der Waals surface area contributed by atoms with Gasteiger partial charge in [-0.15, -0.1) is 0 Å². The van der Waals surface area contributed by atoms with Crippen LogP contribution in [0.3, 0.4) is 0 Å². The van der Waals surface area contributed by atoms with Crippen molar-refractivity contribution in [3.8, 4) is 0 Å². The predicted molar refractivity (Wildman–Crippen MR) is 75.2 cm³/mol. The van der Waals surface area contributed by atoms with Gasteiger partial charge in [0.25, 0.3) is 0 Å². The predicted octanol–water partition coefficient (Wildman–Crippen LogP) is -0.307. The van der Waals surface area contributed by atoms with Crippen molar-refractivity contribution in [3.05, 3.63) is 0 Å². The summed E-state index contributed by atoms with van der Waals surface area (Å²) in [5.74, 6) is 0.118. The van der Waals surface area contributed by atoms with Crippen LogP contribution in [0.1, 0.15) is 19.8 Å². The standard InChI is InChI=1S/C14H25N3O3/c1-3-16-7-4-8-17(9-12(16)18)13(19)14(11-20-2)5-6-15-10-14/h15H,3-11H2,1-2H3. The molecule has 0 saturated carbocycles. The Morgan fingerprint density at radius 1 is 1.45 bits per heavy atom. The van der Waals surface area contributed by atoms with Gasteiger partial charge in [-0.05, 0) is 26.3 Å². The van der Waals surface area contributed by atoms with Gasteiger partial charge in [0.2, 0.25) is 11.8 Å². The molecule has 2 rings (SSSR count). The van der Waals surface area contributed by atoms with E-state index < -0.39 is 5.41 Å². The summed E-state index contributed by atoms with van der Waals surface area (Å²) in [6, 6.07) is 0. The summed E-state index contributed by atoms with van der Waals surface area (Å²) in [6.07, 6.45) is 1.63. The molecule has 2 saturated heterocycles. The number of nitrogens with zero attached hydrogens (tertiary/aromatic N) is 2. The van der Waals surface area contributed by atoms with E-state index in [4.69, 9.17) is 4.74 Å². The number of likely N-dealkylation sites (N-methyl/N-ethyl adjacent to an activating group) is 1. The number of methoxy groups -OCH3 is 1. The Morgan fingerprint density at radius 2 is 2.25 bits per heavy atom. The van der Waals surface area contributed by atoms with Gasteiger partial charge < -0.3 is 19.9 Å². The van der Waals surface area contributed by atoms with Gasteiger partial charge in [0, 0.05) is 33.3 Å². The molecular weight excluding hydrogens is 258 g/mol. The van der Waals surface area contributed by atoms with E-state index in [2.05, 4.69) is 5.32 Å². The molecule has 0 radical (unpaired) electrons. The molecule has 2 aliphatic rings. The average Bonchev–Trinajstić information content (AvgIpc) is 2.83. The minimum absolute atomic E-state index is 0.0527. The topological polar surface area (TPSA) is 61.9 Å². The van der Waals surface area contributed by atoms with Crippen LogP contribution >= 0.6 is 0 Å². The molecule has 2 heterocycles. The Morgan fingerprint density at radius 3 is 2.85 bits per heavy atom. The lowest BCUT2D eigenvalue weighted by Gasteiger charge is -2.32. The van der Waals surface area contributed by atoms with Crippen LogP contribution in [0.15, 0.2) is 0 Å². The Labute approximate surface area is 120 Å². The smallest absolute Gasteiger partial charge is 0.242 e. The number of carbonyl (C=O) groups is 2. The SMILES string of the molecule is CCN1CCCN(C(=O)C2(COC)CCNC2)CC1=O. The molecule has 2 aliphatic heterocycles. The molecular formula is C14H25N3O3. The van der Waals surface area contributed by atoms with Crippen molar-refractivity contribution in [1.29, 1.82) is 0 Å². The van der Waals surface area contributed by atoms with Crippen LogP contribution in [0.4, 0.5) is 0 Å². The molecule has 1 unspecified atom stereocenters. The summed E-state index contributed by atoms with van der Waals surface area (Å²) in [5, 5.41) is 3.24. The Kier molecular flexibility index (Phi) is 4.99. The van der Waals surface area contributed by atoms with Gasteiger partial charge in [-0.25, -0.2) is 0 Å². The molecule has 0 aromatic rings. The molecule has 114 valence electrons. The summed E-state index contributed by atoms with van der Waals surface area (Å²) in [4.78, 5) is 28.5. The zero-order valence-corrected chi connectivity index (χ0v) is 12.5. The Balaban J connectivity index is 2.09. The zero-order valence-electron chi connectivity index (χ0n) is 12.5. The third kappa shape index (κ3) is 2.96. The second-order valence-corrected chi connectivity index (χ2v) is 5.69. The molecule has 6 nitrogen and oxygen atoms in total. The Hall–Kier alpha value is -1.14. The number of hydrogen-bond donors (Lipinski definition) is 1. The quantitative estimate of drug-likeness (QED) is 0.769. The number of hydrogen-bond acceptors (Lipinski definition) is 4. The van der Waals surface area contributed by atoms with Crippen LogP contribution in [0.25, 0.3) is 0 Å². The van der Waals surface area contributed by atoms with E-state index in [1.165, 1.54) is 0 Å². The van der Waals surface area contributed by atoms with Gasteiger partial charge in [-0.3, -0.25) is 9.59 Å². The maximum absolute atomic E-state index is 12.8. The molecule has 2 amide bonds. The number of amides is 2. The van der Waals surface area contributed by atoms with Crippen molar-refractivity contribution in [3.63, 3.8) is 0 Å². The lowest BCUT2D eigenvalue weighted by molar-refractivity contribution is -0.147. The van der Waals surface area contributed by atoms with Crippen LogP contribution in [0.5, 0.6) is 0 Å². The summed E-state index contributed by atoms with van der Waals surface area (Å²) in [6.45, 7) is 6.19. The third-order valence-corrected chi connectivity index (χ3v) is 4.32. The lowest BCUT2D eigenvalue weighted by atomic mass is 9.86. The molecule has 0 bridgehead atoms. The molecule has 6 heteroatoms. The monoisotopic (exact) mass is 283 g/mol. The number of nitrogens with one attached hydrogen (secondary N) is 1. The largest absolute Gasteiger partial charge is 0.384 e. The second kappa shape index (κ2) is 6.54. The fourth-order valence-corrected chi connectivity index (χ4v) is 3.15. The first-order chi connectivity index (χ1) is 9.63. The van der Waals surface area contributed by atoms with Gasteiger partial charge in [0.15, 0.2) is 0 Å². The highest BCUT2D eigenvalue weighted by Crippen LogP contribution is 2.29. The van der Waals surface area contributed by atoms with E-state index in [1.807, 2.05) is 11.8 Å². The molecule has 20 heavy (non-hydrogen) atoms. The van der Waals surface area contributed by atoms with Gasteiger partial charge in [-0.1, -0.05) is 0 Å². The maximum atomic E-state index is 12.8. The van der Waals surface area contributed by atoms with Crippen molar-refractivity contribution in [1.82, 2.24) is 15.1 Å². The van der Waals surface area contributed by atoms with Crippen molar-refractivity contribution < 1.29 is 14.3 Å². The average molecular weight is 283 g/mol. The van der Waals surface area contributed by atoms with Gasteiger partial charge >= 0.3 is 0 Å². The van der Waals surface area contributed by atoms with Crippen LogP contribution in [0.2, 0.25) is 0 Å². The first-order valence-electron chi connectivity index (χ1n) is 7.40. The van der Waals surface area contributed by atoms with E-state index >= 15 is 0 Å². The summed E-state index contributed by atoms with van der Waals surface area (Å²) >= 11 is 0. The van der Waals surface area contributed by atoms with Crippen molar-refractivity contribution >= 4 is 11.8 Å². The highest BCUT2D eigenvalue weighted by atomic mass is 16.5. The molecule has 1 atom stereocenters. The molecule has 2 fully saturated rings. The van der Waals surface area contributed by atoms with E-state index in [-0.39, 0.29) is 18.4 Å². The lowest BCUT2D eigenvalue weighted by Crippen LogP contribution is -2.50. The molecule has 0 aromatic carbocycles. The van der Waals surface area contributed by atoms with E-state index in [0.29, 0.717) is 26.2 Å². The van der Waals surface area contributed by atoms with E-state index in [9.17, 15) is 9.59 Å². The number of ether oxygens (including phenoxy) is 1. The maximum Gasteiger partial charge on any atom is 0.242 e. The van der Waals surface area contributed by atoms with Crippen LogP contribution in [-0.4, -0.2) is 74.6 Å². The highest BCUT2D eigenvalue weighted by molar-refractivity contribution is 5.89. The highest BCUT2D eigenvalue weighted by Gasteiger charge is 2.44. The first kappa shape index (κ1) is 15.3. The second-order valence-electron chi connectivity index (χ2n) is 5.69. The van der Waals surface area contributed by atoms with Gasteiger partial charge in [-0.2, -0.15) is 0 Å². The fraction of sp³-hybridized carbons (Fsp3) is 0.857. The minimum atomic E-state index is -0.490. The van der Waals surface area contributed by atoms with Crippen LogP contribution in [-0.2, 0) is 14.3 Å². The number of carbonyl (C=O) groups excluding carboxylic acids is 2. The van der Waals surface area contributed by atoms with Gasteiger partial charge in [0.05, 0.1) is 18.6 Å². The molecule has 0 aliphatic carbocycles. The Bertz CT molecular complexity index is 367. The van der Waals surface area contributed by atoms with E-state index in [1.54, 1.807) is 12.0 Å². The van der Waals surface area contributed by atoms with Crippen molar-refractivity contribution in [2.45, 2.75) is 19.8 Å². The molecule has 0 spiro atoms. The minimum Gasteiger partial charge on any atom is -0.384 e. The fourth-order valence-electron chi connectivity index (χ4n) is 3.15. The van der Waals surface area contributed by atoms with Crippen LogP contribution < -0.4 is 5.32 Å². The van der Waals surface area contributed by atoms with E-state index in [0.717, 1.165) is 25.9 Å². The number of rotatable bonds is 4. The summed E-state index contributed by atoms with van der Waals surface area (Å²) in [5.41, 5.74) is -0.490. The zero-order chi connectivity index (χ0) is 14.6. The molecule has 1 N–H and O–H groups in total. The third-order valence-electron chi connectivity index (χ3n) is 4.32. The summed E-state index contributed by atoms with van der Waals surface area (Å²) in [7, 11) is 1.62. The normalized spacial score (nSPS) is 27.8. The van der Waals surface area contributed by atoms with Gasteiger partial charge in [0.1, 0.15) is 0 Å². The summed E-state index contributed by atoms with van der Waals surface area (Å²) < 4.78 is 5.26. The van der Waals surface area contributed by atoms with Crippen LogP contribution in [0, 0.1) is 5.41 Å². The molecule has 0 aromatic heterocycles. The first-order valence-corrected chi connectivity index (χ1v) is 7.40. The van der Waals surface area contributed by atoms with Crippen molar-refractivity contribution in [2.24, 2.45) is 5.41 Å².